The number of hydrogen-bond donors (Lipinski definition) is 2. The van der Waals surface area contributed by atoms with Gasteiger partial charge in [-0.05, 0) is 30.9 Å². The smallest absolute Gasteiger partial charge is 0.315 e. The van der Waals surface area contributed by atoms with E-state index in [1.807, 2.05) is 30.6 Å². The predicted octanol–water partition coefficient (Wildman–Crippen LogP) is 1.87. The average Bonchev–Trinajstić information content (AvgIpc) is 3.01. The zero-order valence-electron chi connectivity index (χ0n) is 10.9. The summed E-state index contributed by atoms with van der Waals surface area (Å²) in [6, 6.07) is 5.88. The summed E-state index contributed by atoms with van der Waals surface area (Å²) in [6.45, 7) is 3.28. The molecule has 0 saturated carbocycles. The Morgan fingerprint density at radius 3 is 3.11 bits per heavy atom. The van der Waals surface area contributed by atoms with Gasteiger partial charge < -0.3 is 10.6 Å². The molecule has 5 nitrogen and oxygen atoms in total. The molecule has 2 heterocycles. The lowest BCUT2D eigenvalue weighted by Gasteiger charge is -2.14. The van der Waals surface area contributed by atoms with Gasteiger partial charge in [0.25, 0.3) is 0 Å². The van der Waals surface area contributed by atoms with Crippen molar-refractivity contribution >= 4 is 17.4 Å². The van der Waals surface area contributed by atoms with Crippen molar-refractivity contribution in [1.29, 1.82) is 0 Å². The second-order valence-corrected chi connectivity index (χ2v) is 5.39. The summed E-state index contributed by atoms with van der Waals surface area (Å²) in [5.74, 6) is 0. The maximum absolute atomic E-state index is 11.7. The van der Waals surface area contributed by atoms with E-state index >= 15 is 0 Å². The first-order valence-electron chi connectivity index (χ1n) is 6.28. The van der Waals surface area contributed by atoms with Gasteiger partial charge in [0, 0.05) is 29.9 Å². The highest BCUT2D eigenvalue weighted by atomic mass is 32.1. The van der Waals surface area contributed by atoms with Crippen LogP contribution in [0.2, 0.25) is 0 Å². The zero-order valence-corrected chi connectivity index (χ0v) is 11.7. The summed E-state index contributed by atoms with van der Waals surface area (Å²) >= 11 is 1.71. The highest BCUT2D eigenvalue weighted by Crippen LogP contribution is 2.07. The molecule has 0 radical (unpaired) electrons. The SMILES string of the molecule is C[C@@H](Cn1cccn1)NC(=O)NCCc1cccs1. The number of rotatable bonds is 6. The third-order valence-corrected chi connectivity index (χ3v) is 3.57. The predicted molar refractivity (Wildman–Crippen MR) is 76.2 cm³/mol. The summed E-state index contributed by atoms with van der Waals surface area (Å²) < 4.78 is 1.80. The van der Waals surface area contributed by atoms with Crippen molar-refractivity contribution in [3.63, 3.8) is 0 Å². The Hall–Kier alpha value is -1.82. The van der Waals surface area contributed by atoms with E-state index < -0.39 is 0 Å². The molecule has 1 atom stereocenters. The lowest BCUT2D eigenvalue weighted by Crippen LogP contribution is -2.43. The second-order valence-electron chi connectivity index (χ2n) is 4.36. The third-order valence-electron chi connectivity index (χ3n) is 2.63. The molecule has 102 valence electrons. The first-order chi connectivity index (χ1) is 9.24. The Bertz CT molecular complexity index is 481. The molecule has 0 saturated heterocycles. The summed E-state index contributed by atoms with van der Waals surface area (Å²) in [5.41, 5.74) is 0. The van der Waals surface area contributed by atoms with Crippen LogP contribution in [0.4, 0.5) is 4.79 Å². The maximum atomic E-state index is 11.7. The van der Waals surface area contributed by atoms with Crippen LogP contribution in [0.5, 0.6) is 0 Å². The van der Waals surface area contributed by atoms with E-state index in [0.29, 0.717) is 13.1 Å². The number of carbonyl (C=O) groups is 1. The highest BCUT2D eigenvalue weighted by Gasteiger charge is 2.07. The Morgan fingerprint density at radius 1 is 1.53 bits per heavy atom. The summed E-state index contributed by atoms with van der Waals surface area (Å²) in [4.78, 5) is 12.9. The van der Waals surface area contributed by atoms with Crippen molar-refractivity contribution in [2.45, 2.75) is 25.9 Å². The van der Waals surface area contributed by atoms with Crippen LogP contribution in [0.15, 0.2) is 36.0 Å². The number of aromatic nitrogens is 2. The first kappa shape index (κ1) is 13.6. The van der Waals surface area contributed by atoms with Crippen LogP contribution in [0.25, 0.3) is 0 Å². The average molecular weight is 278 g/mol. The number of hydrogen-bond acceptors (Lipinski definition) is 3. The quantitative estimate of drug-likeness (QED) is 0.847. The Kier molecular flexibility index (Phi) is 4.97. The zero-order chi connectivity index (χ0) is 13.5. The largest absolute Gasteiger partial charge is 0.338 e. The van der Waals surface area contributed by atoms with E-state index in [1.165, 1.54) is 4.88 Å². The van der Waals surface area contributed by atoms with Crippen molar-refractivity contribution in [3.05, 3.63) is 40.8 Å². The topological polar surface area (TPSA) is 59.0 Å². The second kappa shape index (κ2) is 6.94. The fraction of sp³-hybridized carbons (Fsp3) is 0.385. The molecule has 2 N–H and O–H groups in total. The molecule has 0 aliphatic carbocycles. The van der Waals surface area contributed by atoms with E-state index in [2.05, 4.69) is 21.8 Å². The Labute approximate surface area is 116 Å². The lowest BCUT2D eigenvalue weighted by molar-refractivity contribution is 0.236. The molecular formula is C13H18N4OS. The van der Waals surface area contributed by atoms with Crippen molar-refractivity contribution in [2.24, 2.45) is 0 Å². The van der Waals surface area contributed by atoms with E-state index in [9.17, 15) is 4.79 Å². The van der Waals surface area contributed by atoms with Crippen LogP contribution in [0.3, 0.4) is 0 Å². The molecule has 0 fully saturated rings. The van der Waals surface area contributed by atoms with Gasteiger partial charge in [-0.2, -0.15) is 5.10 Å². The monoisotopic (exact) mass is 278 g/mol. The number of nitrogens with zero attached hydrogens (tertiary/aromatic N) is 2. The molecule has 0 bridgehead atoms. The number of thiophene rings is 1. The van der Waals surface area contributed by atoms with Crippen LogP contribution >= 0.6 is 11.3 Å². The van der Waals surface area contributed by atoms with Gasteiger partial charge in [-0.25, -0.2) is 4.79 Å². The molecule has 2 rings (SSSR count). The van der Waals surface area contributed by atoms with Gasteiger partial charge in [-0.15, -0.1) is 11.3 Å². The summed E-state index contributed by atoms with van der Waals surface area (Å²) in [7, 11) is 0. The van der Waals surface area contributed by atoms with Gasteiger partial charge in [0.2, 0.25) is 0 Å². The maximum Gasteiger partial charge on any atom is 0.315 e. The third kappa shape index (κ3) is 4.75. The number of urea groups is 1. The fourth-order valence-electron chi connectivity index (χ4n) is 1.76. The molecule has 0 aliphatic heterocycles. The van der Waals surface area contributed by atoms with Crippen LogP contribution in [0, 0.1) is 0 Å². The van der Waals surface area contributed by atoms with Crippen molar-refractivity contribution < 1.29 is 4.79 Å². The molecule has 0 aliphatic rings. The highest BCUT2D eigenvalue weighted by molar-refractivity contribution is 7.09. The van der Waals surface area contributed by atoms with Gasteiger partial charge in [0.15, 0.2) is 0 Å². The molecule has 2 aromatic rings. The molecular weight excluding hydrogens is 260 g/mol. The van der Waals surface area contributed by atoms with E-state index in [1.54, 1.807) is 22.2 Å². The molecule has 0 unspecified atom stereocenters. The normalized spacial score (nSPS) is 12.1. The van der Waals surface area contributed by atoms with Crippen LogP contribution in [0.1, 0.15) is 11.8 Å². The van der Waals surface area contributed by atoms with Crippen LogP contribution < -0.4 is 10.6 Å². The molecule has 6 heteroatoms. The number of amides is 2. The van der Waals surface area contributed by atoms with Gasteiger partial charge in [-0.3, -0.25) is 4.68 Å². The van der Waals surface area contributed by atoms with Gasteiger partial charge in [0.1, 0.15) is 0 Å². The summed E-state index contributed by atoms with van der Waals surface area (Å²) in [6.07, 6.45) is 4.49. The number of carbonyl (C=O) groups excluding carboxylic acids is 1. The van der Waals surface area contributed by atoms with Crippen molar-refractivity contribution in [3.8, 4) is 0 Å². The van der Waals surface area contributed by atoms with Crippen molar-refractivity contribution in [1.82, 2.24) is 20.4 Å². The molecule has 19 heavy (non-hydrogen) atoms. The van der Waals surface area contributed by atoms with Crippen LogP contribution in [-0.4, -0.2) is 28.4 Å². The Balaban J connectivity index is 1.63. The van der Waals surface area contributed by atoms with Gasteiger partial charge >= 0.3 is 6.03 Å². The van der Waals surface area contributed by atoms with Gasteiger partial charge in [0.05, 0.1) is 6.54 Å². The minimum atomic E-state index is -0.129. The van der Waals surface area contributed by atoms with Crippen LogP contribution in [-0.2, 0) is 13.0 Å². The Morgan fingerprint density at radius 2 is 2.42 bits per heavy atom. The standard InChI is InChI=1S/C13H18N4OS/c1-11(10-17-8-3-6-15-17)16-13(18)14-7-5-12-4-2-9-19-12/h2-4,6,8-9,11H,5,7,10H2,1H3,(H2,14,16,18)/t11-/m0/s1. The number of nitrogens with one attached hydrogen (secondary N) is 2. The van der Waals surface area contributed by atoms with E-state index in [4.69, 9.17) is 0 Å². The fourth-order valence-corrected chi connectivity index (χ4v) is 2.47. The van der Waals surface area contributed by atoms with Gasteiger partial charge in [-0.1, -0.05) is 6.07 Å². The minimum Gasteiger partial charge on any atom is -0.338 e. The lowest BCUT2D eigenvalue weighted by atomic mass is 10.3. The molecule has 2 amide bonds. The molecule has 0 aromatic carbocycles. The van der Waals surface area contributed by atoms with E-state index in [-0.39, 0.29) is 12.1 Å². The van der Waals surface area contributed by atoms with E-state index in [0.717, 1.165) is 6.42 Å². The summed E-state index contributed by atoms with van der Waals surface area (Å²) in [5, 5.41) is 11.9. The first-order valence-corrected chi connectivity index (χ1v) is 7.16. The molecule has 2 aromatic heterocycles. The minimum absolute atomic E-state index is 0.0432. The molecule has 0 spiro atoms. The van der Waals surface area contributed by atoms with Crippen molar-refractivity contribution in [2.75, 3.05) is 6.54 Å².